The fourth-order valence-electron chi connectivity index (χ4n) is 4.04. The largest absolute Gasteiger partial charge is 0.496 e. The fraction of sp³-hybridized carbons (Fsp3) is 0.292. The van der Waals surface area contributed by atoms with E-state index in [1.165, 1.54) is 10.4 Å². The van der Waals surface area contributed by atoms with Crippen molar-refractivity contribution in [2.45, 2.75) is 24.6 Å². The molecule has 0 saturated heterocycles. The Balaban J connectivity index is 1.45. The van der Waals surface area contributed by atoms with Crippen molar-refractivity contribution in [3.05, 3.63) is 64.8 Å². The molecule has 4 heterocycles. The van der Waals surface area contributed by atoms with Gasteiger partial charge in [-0.15, -0.1) is 11.3 Å². The average molecular weight is 464 g/mol. The van der Waals surface area contributed by atoms with E-state index in [0.717, 1.165) is 57.3 Å². The molecule has 1 atom stereocenters. The number of nitrogens with one attached hydrogen (secondary N) is 1. The third-order valence-electron chi connectivity index (χ3n) is 5.61. The number of pyridine rings is 1. The van der Waals surface area contributed by atoms with Crippen LogP contribution in [0.1, 0.15) is 16.0 Å². The van der Waals surface area contributed by atoms with Crippen LogP contribution in [0, 0.1) is 0 Å². The van der Waals surface area contributed by atoms with Gasteiger partial charge in [0.25, 0.3) is 0 Å². The van der Waals surface area contributed by atoms with Gasteiger partial charge in [-0.3, -0.25) is 4.98 Å². The highest BCUT2D eigenvalue weighted by molar-refractivity contribution is 7.98. The van der Waals surface area contributed by atoms with Gasteiger partial charge in [0, 0.05) is 41.2 Å². The van der Waals surface area contributed by atoms with Crippen LogP contribution in [0.2, 0.25) is 0 Å². The zero-order chi connectivity index (χ0) is 21.9. The Bertz CT molecular complexity index is 1230. The number of thioether (sulfide) groups is 1. The Labute approximate surface area is 195 Å². The standard InChI is InChI=1S/C24H25N5OS2/c1-30-19-5-3-2-4-16(19)12-17(25)13-27-23-21-18-8-11-31-14-20(18)32-24(21)29-22(28-23)15-6-9-26-10-7-15/h2-7,9-10,17H,8,11-14,25H2,1H3,(H,27,28,29)/t17-/m0/s1. The molecule has 0 unspecified atom stereocenters. The third-order valence-corrected chi connectivity index (χ3v) is 7.90. The molecule has 6 nitrogen and oxygen atoms in total. The van der Waals surface area contributed by atoms with E-state index in [0.29, 0.717) is 12.4 Å². The smallest absolute Gasteiger partial charge is 0.163 e. The quantitative estimate of drug-likeness (QED) is 0.416. The number of thiophene rings is 1. The molecular weight excluding hydrogens is 438 g/mol. The van der Waals surface area contributed by atoms with E-state index >= 15 is 0 Å². The third kappa shape index (κ3) is 4.30. The number of rotatable bonds is 7. The first-order chi connectivity index (χ1) is 15.7. The molecule has 0 radical (unpaired) electrons. The molecular formula is C24H25N5OS2. The molecule has 0 saturated carbocycles. The second kappa shape index (κ2) is 9.44. The number of ether oxygens (including phenoxy) is 1. The van der Waals surface area contributed by atoms with E-state index < -0.39 is 0 Å². The topological polar surface area (TPSA) is 86.0 Å². The number of fused-ring (bicyclic) bond motifs is 3. The van der Waals surface area contributed by atoms with Crippen LogP contribution in [0.4, 0.5) is 5.82 Å². The number of methoxy groups -OCH3 is 1. The molecule has 1 aromatic carbocycles. The minimum Gasteiger partial charge on any atom is -0.496 e. The molecule has 5 rings (SSSR count). The lowest BCUT2D eigenvalue weighted by atomic mass is 10.1. The fourth-order valence-corrected chi connectivity index (χ4v) is 6.39. The maximum absolute atomic E-state index is 6.51. The molecule has 1 aliphatic heterocycles. The van der Waals surface area contributed by atoms with E-state index in [9.17, 15) is 0 Å². The highest BCUT2D eigenvalue weighted by Crippen LogP contribution is 2.40. The molecule has 164 valence electrons. The van der Waals surface area contributed by atoms with Crippen LogP contribution in [-0.2, 0) is 18.6 Å². The number of aryl methyl sites for hydroxylation is 1. The lowest BCUT2D eigenvalue weighted by Gasteiger charge is -2.17. The normalized spacial score (nSPS) is 14.2. The molecule has 0 aliphatic carbocycles. The van der Waals surface area contributed by atoms with Gasteiger partial charge in [0.05, 0.1) is 12.5 Å². The Hall–Kier alpha value is -2.68. The summed E-state index contributed by atoms with van der Waals surface area (Å²) < 4.78 is 5.48. The van der Waals surface area contributed by atoms with Crippen molar-refractivity contribution in [2.24, 2.45) is 5.73 Å². The predicted molar refractivity (Wildman–Crippen MR) is 134 cm³/mol. The van der Waals surface area contributed by atoms with Crippen molar-refractivity contribution in [1.82, 2.24) is 15.0 Å². The summed E-state index contributed by atoms with van der Waals surface area (Å²) in [5.41, 5.74) is 9.98. The van der Waals surface area contributed by atoms with Gasteiger partial charge in [-0.1, -0.05) is 18.2 Å². The van der Waals surface area contributed by atoms with E-state index in [1.807, 2.05) is 42.1 Å². The summed E-state index contributed by atoms with van der Waals surface area (Å²) >= 11 is 3.77. The van der Waals surface area contributed by atoms with Crippen LogP contribution in [0.5, 0.6) is 5.75 Å². The van der Waals surface area contributed by atoms with Crippen molar-refractivity contribution in [3.63, 3.8) is 0 Å². The number of para-hydroxylation sites is 1. The molecule has 0 spiro atoms. The molecule has 0 bridgehead atoms. The van der Waals surface area contributed by atoms with Crippen molar-refractivity contribution in [1.29, 1.82) is 0 Å². The number of aromatic nitrogens is 3. The Morgan fingerprint density at radius 2 is 2.00 bits per heavy atom. The summed E-state index contributed by atoms with van der Waals surface area (Å²) in [6.45, 7) is 0.610. The van der Waals surface area contributed by atoms with Gasteiger partial charge in [0.15, 0.2) is 5.82 Å². The van der Waals surface area contributed by atoms with Gasteiger partial charge >= 0.3 is 0 Å². The van der Waals surface area contributed by atoms with Crippen LogP contribution in [-0.4, -0.2) is 40.4 Å². The first kappa shape index (κ1) is 21.2. The summed E-state index contributed by atoms with van der Waals surface area (Å²) in [5.74, 6) is 4.65. The lowest BCUT2D eigenvalue weighted by Crippen LogP contribution is -2.31. The van der Waals surface area contributed by atoms with Crippen LogP contribution in [0.25, 0.3) is 21.6 Å². The molecule has 4 aromatic rings. The Morgan fingerprint density at radius 3 is 2.84 bits per heavy atom. The Kier molecular flexibility index (Phi) is 6.25. The summed E-state index contributed by atoms with van der Waals surface area (Å²) in [4.78, 5) is 16.4. The lowest BCUT2D eigenvalue weighted by molar-refractivity contribution is 0.408. The predicted octanol–water partition coefficient (Wildman–Crippen LogP) is 4.53. The van der Waals surface area contributed by atoms with Crippen LogP contribution < -0.4 is 15.8 Å². The maximum Gasteiger partial charge on any atom is 0.163 e. The van der Waals surface area contributed by atoms with Gasteiger partial charge in [-0.25, -0.2) is 9.97 Å². The number of anilines is 1. The van der Waals surface area contributed by atoms with E-state index in [4.69, 9.17) is 20.4 Å². The van der Waals surface area contributed by atoms with Crippen molar-refractivity contribution >= 4 is 39.1 Å². The monoisotopic (exact) mass is 463 g/mol. The molecule has 3 aromatic heterocycles. The maximum atomic E-state index is 6.51. The van der Waals surface area contributed by atoms with Crippen molar-refractivity contribution in [3.8, 4) is 17.1 Å². The average Bonchev–Trinajstić information content (AvgIpc) is 3.22. The molecule has 3 N–H and O–H groups in total. The highest BCUT2D eigenvalue weighted by atomic mass is 32.2. The second-order valence-corrected chi connectivity index (χ2v) is 9.96. The van der Waals surface area contributed by atoms with Gasteiger partial charge in [0.2, 0.25) is 0 Å². The first-order valence-corrected chi connectivity index (χ1v) is 12.6. The highest BCUT2D eigenvalue weighted by Gasteiger charge is 2.22. The van der Waals surface area contributed by atoms with E-state index in [2.05, 4.69) is 16.4 Å². The minimum absolute atomic E-state index is 0.0780. The number of hydrogen-bond donors (Lipinski definition) is 2. The van der Waals surface area contributed by atoms with Crippen molar-refractivity contribution < 1.29 is 4.74 Å². The molecule has 8 heteroatoms. The summed E-state index contributed by atoms with van der Waals surface area (Å²) in [6, 6.07) is 11.8. The van der Waals surface area contributed by atoms with Crippen LogP contribution in [0.15, 0.2) is 48.8 Å². The van der Waals surface area contributed by atoms with E-state index in [-0.39, 0.29) is 6.04 Å². The van der Waals surface area contributed by atoms with Gasteiger partial charge in [-0.2, -0.15) is 11.8 Å². The van der Waals surface area contributed by atoms with Crippen LogP contribution in [0.3, 0.4) is 0 Å². The molecule has 1 aliphatic rings. The number of hydrogen-bond acceptors (Lipinski definition) is 8. The molecule has 32 heavy (non-hydrogen) atoms. The van der Waals surface area contributed by atoms with Crippen molar-refractivity contribution in [2.75, 3.05) is 24.7 Å². The Morgan fingerprint density at radius 1 is 1.16 bits per heavy atom. The number of nitrogens with two attached hydrogens (primary N) is 1. The zero-order valence-electron chi connectivity index (χ0n) is 17.9. The number of nitrogens with zero attached hydrogens (tertiary/aromatic N) is 3. The summed E-state index contributed by atoms with van der Waals surface area (Å²) in [6.07, 6.45) is 5.32. The molecule has 0 amide bonds. The van der Waals surface area contributed by atoms with E-state index in [1.54, 1.807) is 30.8 Å². The number of benzene rings is 1. The van der Waals surface area contributed by atoms with Crippen LogP contribution >= 0.6 is 23.1 Å². The van der Waals surface area contributed by atoms with Gasteiger partial charge in [0.1, 0.15) is 16.4 Å². The van der Waals surface area contributed by atoms with Gasteiger partial charge in [-0.05, 0) is 47.9 Å². The second-order valence-electron chi connectivity index (χ2n) is 7.78. The molecule has 0 fully saturated rings. The minimum atomic E-state index is -0.0780. The summed E-state index contributed by atoms with van der Waals surface area (Å²) in [7, 11) is 1.69. The van der Waals surface area contributed by atoms with Gasteiger partial charge < -0.3 is 15.8 Å². The zero-order valence-corrected chi connectivity index (χ0v) is 19.5. The summed E-state index contributed by atoms with van der Waals surface area (Å²) in [5, 5.41) is 4.72. The first-order valence-electron chi connectivity index (χ1n) is 10.6. The SMILES string of the molecule is COc1ccccc1C[C@H](N)CNc1nc(-c2ccncc2)nc2sc3c(c12)CCSC3.